The summed E-state index contributed by atoms with van der Waals surface area (Å²) in [5.74, 6) is 0.308. The van der Waals surface area contributed by atoms with Crippen molar-refractivity contribution in [2.75, 3.05) is 27.9 Å². The molecule has 0 spiro atoms. The van der Waals surface area contributed by atoms with Crippen LogP contribution in [0.3, 0.4) is 0 Å². The zero-order valence-corrected chi connectivity index (χ0v) is 18.6. The molecule has 1 amide bonds. The number of carbonyl (C=O) groups is 1. The fraction of sp³-hybridized carbons (Fsp3) is 0.391. The Kier molecular flexibility index (Phi) is 7.04. The van der Waals surface area contributed by atoms with Crippen LogP contribution in [0.25, 0.3) is 11.1 Å². The fourth-order valence-corrected chi connectivity index (χ4v) is 3.97. The standard InChI is InChI=1S/C23H24F3NO6/c1-12(28)27-16-7-5-13-9-19(30-2)21(31-3)22(32-4)20(13)14-6-8-17(29)18(10-15(14)16)33-11-23(24,25)26/h6,8-10,16H,5,7,11H2,1-4H3,(H,27,28)/t16-/m0/s1. The van der Waals surface area contributed by atoms with Crippen LogP contribution in [0.1, 0.15) is 30.5 Å². The van der Waals surface area contributed by atoms with Crippen LogP contribution in [0, 0.1) is 0 Å². The molecule has 2 aromatic rings. The molecule has 10 heteroatoms. The summed E-state index contributed by atoms with van der Waals surface area (Å²) in [5, 5.41) is 2.82. The lowest BCUT2D eigenvalue weighted by molar-refractivity contribution is -0.153. The molecule has 3 rings (SSSR count). The van der Waals surface area contributed by atoms with Gasteiger partial charge in [0.2, 0.25) is 17.1 Å². The molecule has 0 heterocycles. The molecule has 2 aromatic carbocycles. The molecule has 33 heavy (non-hydrogen) atoms. The summed E-state index contributed by atoms with van der Waals surface area (Å²) in [6.07, 6.45) is -3.72. The number of halogens is 3. The highest BCUT2D eigenvalue weighted by Gasteiger charge is 2.31. The summed E-state index contributed by atoms with van der Waals surface area (Å²) in [6.45, 7) is -0.274. The van der Waals surface area contributed by atoms with E-state index in [1.54, 1.807) is 6.07 Å². The van der Waals surface area contributed by atoms with Crippen molar-refractivity contribution >= 4 is 5.91 Å². The summed E-state index contributed by atoms with van der Waals surface area (Å²) in [4.78, 5) is 24.4. The van der Waals surface area contributed by atoms with Crippen LogP contribution in [0.5, 0.6) is 23.0 Å². The number of nitrogens with one attached hydrogen (secondary N) is 1. The van der Waals surface area contributed by atoms with Crippen LogP contribution in [-0.2, 0) is 11.2 Å². The van der Waals surface area contributed by atoms with Gasteiger partial charge in [0.1, 0.15) is 0 Å². The molecule has 1 atom stereocenters. The Labute approximate surface area is 188 Å². The van der Waals surface area contributed by atoms with E-state index >= 15 is 0 Å². The molecular formula is C23H24F3NO6. The number of rotatable bonds is 6. The predicted molar refractivity (Wildman–Crippen MR) is 114 cm³/mol. The predicted octanol–water partition coefficient (Wildman–Crippen LogP) is 3.80. The number of benzene rings is 1. The van der Waals surface area contributed by atoms with Gasteiger partial charge in [-0.3, -0.25) is 9.59 Å². The molecule has 7 nitrogen and oxygen atoms in total. The van der Waals surface area contributed by atoms with Crippen LogP contribution >= 0.6 is 0 Å². The normalized spacial score (nSPS) is 14.9. The Morgan fingerprint density at radius 1 is 1.06 bits per heavy atom. The maximum Gasteiger partial charge on any atom is 0.422 e. The van der Waals surface area contributed by atoms with Gasteiger partial charge in [0.25, 0.3) is 0 Å². The smallest absolute Gasteiger partial charge is 0.422 e. The van der Waals surface area contributed by atoms with Gasteiger partial charge in [-0.1, -0.05) is 0 Å². The Morgan fingerprint density at radius 2 is 1.76 bits per heavy atom. The number of alkyl halides is 3. The first kappa shape index (κ1) is 24.2. The summed E-state index contributed by atoms with van der Waals surface area (Å²) < 4.78 is 59.6. The molecule has 0 bridgehead atoms. The Morgan fingerprint density at radius 3 is 2.33 bits per heavy atom. The third-order valence-corrected chi connectivity index (χ3v) is 5.27. The minimum Gasteiger partial charge on any atom is -0.493 e. The van der Waals surface area contributed by atoms with E-state index in [0.717, 1.165) is 11.6 Å². The molecule has 0 aliphatic heterocycles. The number of hydrogen-bond donors (Lipinski definition) is 1. The fourth-order valence-electron chi connectivity index (χ4n) is 3.97. The Bertz CT molecular complexity index is 1120. The van der Waals surface area contributed by atoms with Gasteiger partial charge in [0.15, 0.2) is 23.9 Å². The monoisotopic (exact) mass is 467 g/mol. The van der Waals surface area contributed by atoms with Gasteiger partial charge in [0, 0.05) is 12.5 Å². The van der Waals surface area contributed by atoms with Crippen LogP contribution in [-0.4, -0.2) is 40.0 Å². The third kappa shape index (κ3) is 5.15. The SMILES string of the molecule is COc1cc2c(c(OC)c1OC)-c1ccc(=O)c(OCC(F)(F)F)cc1[C@@H](NC(C)=O)CC2. The van der Waals surface area contributed by atoms with Gasteiger partial charge in [-0.15, -0.1) is 0 Å². The lowest BCUT2D eigenvalue weighted by atomic mass is 9.95. The number of amides is 1. The second kappa shape index (κ2) is 9.60. The van der Waals surface area contributed by atoms with Crippen molar-refractivity contribution in [1.82, 2.24) is 5.32 Å². The van der Waals surface area contributed by atoms with Crippen molar-refractivity contribution in [2.24, 2.45) is 0 Å². The van der Waals surface area contributed by atoms with E-state index in [1.807, 2.05) is 0 Å². The van der Waals surface area contributed by atoms with E-state index in [9.17, 15) is 22.8 Å². The molecule has 0 aromatic heterocycles. The maximum atomic E-state index is 12.7. The molecule has 0 unspecified atom stereocenters. The van der Waals surface area contributed by atoms with Gasteiger partial charge in [0.05, 0.1) is 27.4 Å². The zero-order chi connectivity index (χ0) is 24.3. The van der Waals surface area contributed by atoms with Crippen molar-refractivity contribution < 1.29 is 36.9 Å². The van der Waals surface area contributed by atoms with Crippen molar-refractivity contribution in [3.05, 3.63) is 45.6 Å². The summed E-state index contributed by atoms with van der Waals surface area (Å²) in [7, 11) is 4.39. The largest absolute Gasteiger partial charge is 0.493 e. The van der Waals surface area contributed by atoms with E-state index in [0.29, 0.717) is 46.8 Å². The maximum absolute atomic E-state index is 12.7. The number of carbonyl (C=O) groups excluding carboxylic acids is 1. The minimum absolute atomic E-state index is 0.324. The lowest BCUT2D eigenvalue weighted by Crippen LogP contribution is -2.26. The highest BCUT2D eigenvalue weighted by Crippen LogP contribution is 2.50. The Hall–Kier alpha value is -3.43. The number of aryl methyl sites for hydroxylation is 1. The van der Waals surface area contributed by atoms with Crippen LogP contribution < -0.4 is 29.7 Å². The van der Waals surface area contributed by atoms with Crippen molar-refractivity contribution in [2.45, 2.75) is 32.0 Å². The zero-order valence-electron chi connectivity index (χ0n) is 18.6. The topological polar surface area (TPSA) is 83.1 Å². The number of fused-ring (bicyclic) bond motifs is 3. The van der Waals surface area contributed by atoms with Crippen LogP contribution in [0.4, 0.5) is 13.2 Å². The average Bonchev–Trinajstić information content (AvgIpc) is 2.99. The number of hydrogen-bond acceptors (Lipinski definition) is 6. The first-order valence-corrected chi connectivity index (χ1v) is 10.1. The molecule has 178 valence electrons. The third-order valence-electron chi connectivity index (χ3n) is 5.27. The quantitative estimate of drug-likeness (QED) is 0.696. The highest BCUT2D eigenvalue weighted by molar-refractivity contribution is 5.83. The second-order valence-electron chi connectivity index (χ2n) is 7.45. The molecule has 1 N–H and O–H groups in total. The van der Waals surface area contributed by atoms with Crippen molar-refractivity contribution in [1.29, 1.82) is 0 Å². The lowest BCUT2D eigenvalue weighted by Gasteiger charge is -2.20. The van der Waals surface area contributed by atoms with Gasteiger partial charge >= 0.3 is 6.18 Å². The number of ether oxygens (including phenoxy) is 4. The highest BCUT2D eigenvalue weighted by atomic mass is 19.4. The second-order valence-corrected chi connectivity index (χ2v) is 7.45. The van der Waals surface area contributed by atoms with E-state index < -0.39 is 30.0 Å². The van der Waals surface area contributed by atoms with E-state index in [4.69, 9.17) is 18.9 Å². The van der Waals surface area contributed by atoms with Gasteiger partial charge in [-0.25, -0.2) is 0 Å². The molecule has 1 aliphatic carbocycles. The first-order chi connectivity index (χ1) is 15.6. The van der Waals surface area contributed by atoms with E-state index in [-0.39, 0.29) is 5.91 Å². The molecular weight excluding hydrogens is 443 g/mol. The molecule has 0 fully saturated rings. The average molecular weight is 467 g/mol. The molecule has 0 radical (unpaired) electrons. The first-order valence-electron chi connectivity index (χ1n) is 10.1. The van der Waals surface area contributed by atoms with Gasteiger partial charge < -0.3 is 24.3 Å². The van der Waals surface area contributed by atoms with Crippen molar-refractivity contribution in [3.63, 3.8) is 0 Å². The molecule has 0 saturated carbocycles. The van der Waals surface area contributed by atoms with Gasteiger partial charge in [-0.05, 0) is 53.8 Å². The number of methoxy groups -OCH3 is 3. The molecule has 0 saturated heterocycles. The van der Waals surface area contributed by atoms with Crippen LogP contribution in [0.2, 0.25) is 0 Å². The van der Waals surface area contributed by atoms with Crippen LogP contribution in [0.15, 0.2) is 29.1 Å². The summed E-state index contributed by atoms with van der Waals surface area (Å²) >= 11 is 0. The van der Waals surface area contributed by atoms with Gasteiger partial charge in [-0.2, -0.15) is 13.2 Å². The Balaban J connectivity index is 2.33. The van der Waals surface area contributed by atoms with E-state index in [1.165, 1.54) is 40.4 Å². The summed E-state index contributed by atoms with van der Waals surface area (Å²) in [6, 6.07) is 5.08. The molecule has 1 aliphatic rings. The van der Waals surface area contributed by atoms with E-state index in [2.05, 4.69) is 5.32 Å². The minimum atomic E-state index is -4.62. The summed E-state index contributed by atoms with van der Waals surface area (Å²) in [5.41, 5.74) is 1.59. The van der Waals surface area contributed by atoms with Crippen molar-refractivity contribution in [3.8, 4) is 34.1 Å².